The molecule has 20 heavy (non-hydrogen) atoms. The minimum Gasteiger partial charge on any atom is -0.370 e. The molecule has 0 aromatic carbocycles. The lowest BCUT2D eigenvalue weighted by atomic mass is 10.2. The highest BCUT2D eigenvalue weighted by molar-refractivity contribution is 7.89. The summed E-state index contributed by atoms with van der Waals surface area (Å²) < 4.78 is 22.9. The van der Waals surface area contributed by atoms with Crippen LogP contribution in [0, 0.1) is 0 Å². The van der Waals surface area contributed by atoms with Crippen LogP contribution in [0.25, 0.3) is 10.2 Å². The molecule has 2 aromatic heterocycles. The van der Waals surface area contributed by atoms with Gasteiger partial charge in [-0.3, -0.25) is 0 Å². The monoisotopic (exact) mass is 311 g/mol. The van der Waals surface area contributed by atoms with Gasteiger partial charge in [0.15, 0.2) is 9.84 Å². The Bertz CT molecular complexity index is 766. The van der Waals surface area contributed by atoms with Gasteiger partial charge in [-0.15, -0.1) is 11.3 Å². The van der Waals surface area contributed by atoms with Gasteiger partial charge >= 0.3 is 0 Å². The van der Waals surface area contributed by atoms with E-state index in [0.717, 1.165) is 35.4 Å². The largest absolute Gasteiger partial charge is 0.370 e. The second-order valence-corrected chi connectivity index (χ2v) is 8.35. The Labute approximate surface area is 122 Å². The lowest BCUT2D eigenvalue weighted by Gasteiger charge is -2.08. The van der Waals surface area contributed by atoms with E-state index in [1.807, 2.05) is 6.92 Å². The van der Waals surface area contributed by atoms with Crippen molar-refractivity contribution in [1.29, 1.82) is 0 Å². The summed E-state index contributed by atoms with van der Waals surface area (Å²) in [6, 6.07) is 0. The van der Waals surface area contributed by atoms with Crippen LogP contribution in [-0.4, -0.2) is 31.2 Å². The van der Waals surface area contributed by atoms with Crippen molar-refractivity contribution in [3.8, 4) is 0 Å². The van der Waals surface area contributed by atoms with Crippen molar-refractivity contribution in [2.24, 2.45) is 0 Å². The van der Waals surface area contributed by atoms with E-state index in [4.69, 9.17) is 0 Å². The minimum atomic E-state index is -3.12. The second-order valence-electron chi connectivity index (χ2n) is 5.13. The summed E-state index contributed by atoms with van der Waals surface area (Å²) >= 11 is 1.68. The van der Waals surface area contributed by atoms with Crippen LogP contribution in [0.3, 0.4) is 0 Å². The predicted octanol–water partition coefficient (Wildman–Crippen LogP) is 2.16. The van der Waals surface area contributed by atoms with Gasteiger partial charge in [-0.05, 0) is 31.7 Å². The molecule has 2 aromatic rings. The van der Waals surface area contributed by atoms with Gasteiger partial charge in [0, 0.05) is 17.7 Å². The van der Waals surface area contributed by atoms with Crippen LogP contribution in [0.2, 0.25) is 0 Å². The van der Waals surface area contributed by atoms with Crippen molar-refractivity contribution in [3.63, 3.8) is 0 Å². The molecule has 5 nitrogen and oxygen atoms in total. The highest BCUT2D eigenvalue weighted by Crippen LogP contribution is 2.39. The van der Waals surface area contributed by atoms with Crippen LogP contribution >= 0.6 is 11.3 Å². The van der Waals surface area contributed by atoms with Crippen LogP contribution in [0.1, 0.15) is 29.6 Å². The van der Waals surface area contributed by atoms with Gasteiger partial charge < -0.3 is 5.32 Å². The summed E-state index contributed by atoms with van der Waals surface area (Å²) in [6.07, 6.45) is 4.57. The summed E-state index contributed by atoms with van der Waals surface area (Å²) in [7, 11) is -3.12. The number of hydrogen-bond acceptors (Lipinski definition) is 6. The van der Waals surface area contributed by atoms with E-state index in [1.165, 1.54) is 23.1 Å². The average Bonchev–Trinajstić information content (AvgIpc) is 2.86. The summed E-state index contributed by atoms with van der Waals surface area (Å²) in [5.74, 6) is 1.07. The topological polar surface area (TPSA) is 72.0 Å². The number of anilines is 1. The van der Waals surface area contributed by atoms with Crippen LogP contribution in [-0.2, 0) is 28.4 Å². The number of fused-ring (bicyclic) bond motifs is 3. The first kappa shape index (κ1) is 13.8. The Morgan fingerprint density at radius 2 is 2.10 bits per heavy atom. The summed E-state index contributed by atoms with van der Waals surface area (Å²) in [5.41, 5.74) is 1.35. The molecule has 1 aliphatic rings. The zero-order valence-corrected chi connectivity index (χ0v) is 13.2. The molecule has 3 rings (SSSR count). The minimum absolute atomic E-state index is 0.107. The van der Waals surface area contributed by atoms with Gasteiger partial charge in [0.25, 0.3) is 0 Å². The molecule has 0 amide bonds. The number of thiophene rings is 1. The third-order valence-corrected chi connectivity index (χ3v) is 5.31. The fraction of sp³-hybridized carbons (Fsp3) is 0.538. The maximum absolute atomic E-state index is 11.4. The van der Waals surface area contributed by atoms with Crippen molar-refractivity contribution < 1.29 is 8.42 Å². The van der Waals surface area contributed by atoms with Crippen molar-refractivity contribution >= 4 is 37.2 Å². The van der Waals surface area contributed by atoms with Crippen molar-refractivity contribution in [2.45, 2.75) is 31.9 Å². The molecule has 0 saturated heterocycles. The number of nitrogens with one attached hydrogen (secondary N) is 1. The third-order valence-electron chi connectivity index (χ3n) is 3.35. The first-order chi connectivity index (χ1) is 9.48. The highest BCUT2D eigenvalue weighted by atomic mass is 32.2. The molecule has 2 heterocycles. The third kappa shape index (κ3) is 2.52. The van der Waals surface area contributed by atoms with E-state index >= 15 is 0 Å². The average molecular weight is 311 g/mol. The van der Waals surface area contributed by atoms with Gasteiger partial charge in [0.05, 0.1) is 5.39 Å². The summed E-state index contributed by atoms with van der Waals surface area (Å²) in [5, 5.41) is 4.35. The Hall–Kier alpha value is -1.21. The predicted molar refractivity (Wildman–Crippen MR) is 82.2 cm³/mol. The quantitative estimate of drug-likeness (QED) is 0.937. The van der Waals surface area contributed by atoms with Gasteiger partial charge in [-0.1, -0.05) is 0 Å². The van der Waals surface area contributed by atoms with Crippen molar-refractivity contribution in [2.75, 3.05) is 18.1 Å². The number of rotatable bonds is 4. The highest BCUT2D eigenvalue weighted by Gasteiger charge is 2.22. The van der Waals surface area contributed by atoms with Gasteiger partial charge in [-0.2, -0.15) is 0 Å². The first-order valence-electron chi connectivity index (χ1n) is 6.70. The van der Waals surface area contributed by atoms with Crippen LogP contribution in [0.4, 0.5) is 5.82 Å². The lowest BCUT2D eigenvalue weighted by molar-refractivity contribution is 0.600. The number of aryl methyl sites for hydroxylation is 2. The molecule has 0 atom stereocenters. The molecular weight excluding hydrogens is 294 g/mol. The molecule has 7 heteroatoms. The van der Waals surface area contributed by atoms with E-state index in [-0.39, 0.29) is 5.75 Å². The first-order valence-corrected chi connectivity index (χ1v) is 9.58. The number of sulfone groups is 1. The maximum atomic E-state index is 11.4. The van der Waals surface area contributed by atoms with E-state index in [0.29, 0.717) is 5.82 Å². The fourth-order valence-electron chi connectivity index (χ4n) is 2.63. The molecule has 108 valence electrons. The molecule has 0 saturated carbocycles. The zero-order chi connectivity index (χ0) is 14.3. The van der Waals surface area contributed by atoms with E-state index in [2.05, 4.69) is 15.3 Å². The summed E-state index contributed by atoms with van der Waals surface area (Å²) in [4.78, 5) is 11.2. The van der Waals surface area contributed by atoms with Crippen LogP contribution in [0.15, 0.2) is 0 Å². The Kier molecular flexibility index (Phi) is 3.41. The molecule has 0 spiro atoms. The van der Waals surface area contributed by atoms with E-state index < -0.39 is 9.84 Å². The number of aromatic nitrogens is 2. The van der Waals surface area contributed by atoms with Crippen LogP contribution in [0.5, 0.6) is 0 Å². The van der Waals surface area contributed by atoms with Crippen LogP contribution < -0.4 is 5.32 Å². The molecule has 0 aliphatic heterocycles. The van der Waals surface area contributed by atoms with Gasteiger partial charge in [0.2, 0.25) is 0 Å². The van der Waals surface area contributed by atoms with E-state index in [1.54, 1.807) is 11.3 Å². The molecule has 0 radical (unpaired) electrons. The maximum Gasteiger partial charge on any atom is 0.154 e. The Morgan fingerprint density at radius 1 is 1.30 bits per heavy atom. The second kappa shape index (κ2) is 4.96. The molecule has 0 bridgehead atoms. The molecule has 1 N–H and O–H groups in total. The van der Waals surface area contributed by atoms with Crippen molar-refractivity contribution in [1.82, 2.24) is 9.97 Å². The standard InChI is InChI=1S/C13H17N3O2S2/c1-3-14-12-11-8-5-4-6-9(8)19-13(11)16-10(15-12)7-20(2,17)18/h3-7H2,1-2H3,(H,14,15,16). The van der Waals surface area contributed by atoms with Crippen molar-refractivity contribution in [3.05, 3.63) is 16.3 Å². The van der Waals surface area contributed by atoms with Gasteiger partial charge in [0.1, 0.15) is 22.2 Å². The molecule has 0 fully saturated rings. The molecule has 1 aliphatic carbocycles. The van der Waals surface area contributed by atoms with Gasteiger partial charge in [-0.25, -0.2) is 18.4 Å². The van der Waals surface area contributed by atoms with E-state index in [9.17, 15) is 8.42 Å². The molecule has 0 unspecified atom stereocenters. The molecular formula is C13H17N3O2S2. The number of nitrogens with zero attached hydrogens (tertiary/aromatic N) is 2. The lowest BCUT2D eigenvalue weighted by Crippen LogP contribution is -2.08. The SMILES string of the molecule is CCNc1nc(CS(C)(=O)=O)nc2sc3c(c12)CCC3. The fourth-order valence-corrected chi connectivity index (χ4v) is 4.51. The Balaban J connectivity index is 2.17. The normalized spacial score (nSPS) is 14.7. The number of hydrogen-bond donors (Lipinski definition) is 1. The zero-order valence-electron chi connectivity index (χ0n) is 11.6. The summed E-state index contributed by atoms with van der Waals surface area (Å²) in [6.45, 7) is 2.77. The smallest absolute Gasteiger partial charge is 0.154 e. The Morgan fingerprint density at radius 3 is 2.80 bits per heavy atom.